The molecule has 0 rings (SSSR count). The fourth-order valence-electron chi connectivity index (χ4n) is 0. The Balaban J connectivity index is 0. The average Bonchev–Trinajstić information content (AvgIpc) is 0. The third kappa shape index (κ3) is 17.9. The van der Waals surface area contributed by atoms with Gasteiger partial charge in [-0.15, -0.1) is 0 Å². The van der Waals surface area contributed by atoms with E-state index in [1.807, 2.05) is 0 Å². The Morgan fingerprint density at radius 1 is 0.750 bits per heavy atom. The van der Waals surface area contributed by atoms with Gasteiger partial charge < -0.3 is 17.8 Å². The van der Waals surface area contributed by atoms with Gasteiger partial charge in [-0.1, -0.05) is 0 Å². The molecule has 3 nitrogen and oxygen atoms in total. The first kappa shape index (κ1) is 157. The summed E-state index contributed by atoms with van der Waals surface area (Å²) < 4.78 is 0. The minimum absolute atomic E-state index is 0. The molecule has 4 heavy (non-hydrogen) atoms. The van der Waals surface area contributed by atoms with E-state index in [-0.39, 0.29) is 40.2 Å². The first-order valence-corrected chi connectivity index (χ1v) is 0. The van der Waals surface area contributed by atoms with E-state index in [4.69, 9.17) is 0 Å². The summed E-state index contributed by atoms with van der Waals surface area (Å²) in [6, 6.07) is 0. The first-order chi connectivity index (χ1) is 0. The van der Waals surface area contributed by atoms with Crippen LogP contribution in [0.15, 0.2) is 0 Å². The zero-order valence-electron chi connectivity index (χ0n) is 2.22. The van der Waals surface area contributed by atoms with Crippen LogP contribution in [0.4, 0.5) is 0 Å². The summed E-state index contributed by atoms with van der Waals surface area (Å²) in [5.41, 5.74) is 0. The van der Waals surface area contributed by atoms with Crippen LogP contribution in [-0.2, 0) is 22.4 Å². The fraction of sp³-hybridized carbons (Fsp3) is 0. The van der Waals surface area contributed by atoms with Gasteiger partial charge in [0.2, 0.25) is 0 Å². The van der Waals surface area contributed by atoms with E-state index in [1.165, 1.54) is 0 Å². The maximum Gasteiger partial charge on any atom is 0 e. The van der Waals surface area contributed by atoms with Crippen molar-refractivity contribution >= 4 is 0 Å². The Labute approximate surface area is 40.8 Å². The summed E-state index contributed by atoms with van der Waals surface area (Å²) in [4.78, 5) is 0. The van der Waals surface area contributed by atoms with Crippen LogP contribution in [0.1, 0.15) is 0 Å². The van der Waals surface area contributed by atoms with Crippen molar-refractivity contribution in [1.29, 1.82) is 0 Å². The van der Waals surface area contributed by atoms with E-state index < -0.39 is 0 Å². The van der Waals surface area contributed by atoms with E-state index in [9.17, 15) is 0 Å². The van der Waals surface area contributed by atoms with Crippen LogP contribution < -0.4 is 12.3 Å². The molecule has 0 aromatic heterocycles. The van der Waals surface area contributed by atoms with E-state index in [2.05, 4.69) is 0 Å². The van der Waals surface area contributed by atoms with Crippen molar-refractivity contribution in [3.63, 3.8) is 0 Å². The Hall–Kier alpha value is 0.620. The monoisotopic (exact) mass is 159 g/mol. The predicted molar refractivity (Wildman–Crippen MR) is 13.7 cm³/mol. The summed E-state index contributed by atoms with van der Waals surface area (Å²) in [5, 5.41) is 0. The Kier molecular flexibility index (Phi) is 2540. The third-order valence-corrected chi connectivity index (χ3v) is 0. The van der Waals surface area contributed by atoms with Crippen molar-refractivity contribution in [2.75, 3.05) is 0 Å². The Morgan fingerprint density at radius 2 is 0.750 bits per heavy atom. The van der Waals surface area contributed by atoms with Gasteiger partial charge in [-0.05, 0) is 0 Å². The van der Waals surface area contributed by atoms with Crippen molar-refractivity contribution in [2.24, 2.45) is 0 Å². The van der Waals surface area contributed by atoms with Crippen LogP contribution in [0.2, 0.25) is 0 Å². The molecule has 0 aromatic rings. The van der Waals surface area contributed by atoms with Crippen molar-refractivity contribution < 1.29 is 27.9 Å². The van der Waals surface area contributed by atoms with Crippen LogP contribution in [0.3, 0.4) is 0 Å². The quantitative estimate of drug-likeness (QED) is 0.466. The molecule has 0 saturated heterocycles. The molecule has 1 radical (unpaired) electrons. The van der Waals surface area contributed by atoms with E-state index in [0.29, 0.717) is 0 Å². The predicted octanol–water partition coefficient (Wildman–Crippen LogP) is -0.503. The smallest absolute Gasteiger partial charge is 0 e. The normalized spacial score (nSPS) is 0. The average molecular weight is 160 g/mol. The number of hydrogen-bond acceptors (Lipinski definition) is 2. The van der Waals surface area contributed by atoms with E-state index in [1.54, 1.807) is 0 Å². The van der Waals surface area contributed by atoms with Crippen LogP contribution in [0.5, 0.6) is 0 Å². The van der Waals surface area contributed by atoms with Crippen LogP contribution >= 0.6 is 0 Å². The van der Waals surface area contributed by atoms with Gasteiger partial charge in [-0.25, -0.2) is 0 Å². The van der Waals surface area contributed by atoms with E-state index >= 15 is 0 Å². The Bertz CT molecular complexity index is 6.00. The molecule has 0 atom stereocenters. The molecule has 0 spiro atoms. The number of rotatable bonds is 0. The first-order valence-electron chi connectivity index (χ1n) is 0. The molecule has 8 N–H and O–H groups in total. The van der Waals surface area contributed by atoms with E-state index in [0.717, 1.165) is 0 Å². The van der Waals surface area contributed by atoms with Crippen molar-refractivity contribution in [2.45, 2.75) is 0 Å². The molecule has 0 aromatic carbocycles. The van der Waals surface area contributed by atoms with Gasteiger partial charge in [0.15, 0.2) is 0 Å². The molecule has 35 valence electrons. The minimum Gasteiger partial charge on any atom is -0.412 e. The third-order valence-electron chi connectivity index (χ3n) is 0. The molecule has 0 heterocycles. The molecule has 0 aliphatic carbocycles. The molecule has 0 aliphatic rings. The van der Waals surface area contributed by atoms with Gasteiger partial charge >= 0.3 is 0 Å². The van der Waals surface area contributed by atoms with Gasteiger partial charge in [-0.3, -0.25) is 0 Å². The van der Waals surface area contributed by atoms with Crippen molar-refractivity contribution in [3.05, 3.63) is 0 Å². The summed E-state index contributed by atoms with van der Waals surface area (Å²) >= 11 is 0. The topological polar surface area (TPSA) is 102 Å². The molecular weight excluding hydrogens is 152 g/mol. The molecule has 0 fully saturated rings. The fourth-order valence-corrected chi connectivity index (χ4v) is 0. The van der Waals surface area contributed by atoms with Crippen LogP contribution in [0.25, 0.3) is 0 Å². The second-order valence-corrected chi connectivity index (χ2v) is 0. The van der Waals surface area contributed by atoms with Gasteiger partial charge in [0.25, 0.3) is 0 Å². The summed E-state index contributed by atoms with van der Waals surface area (Å²) in [6.07, 6.45) is 0. The molecule has 0 unspecified atom stereocenters. The largest absolute Gasteiger partial charge is 0.412 e. The van der Waals surface area contributed by atoms with Crippen LogP contribution in [0, 0.1) is 0 Å². The summed E-state index contributed by atoms with van der Waals surface area (Å²) in [7, 11) is 0. The zero-order chi connectivity index (χ0) is 0. The maximum atomic E-state index is 0. The molecule has 4 heteroatoms. The van der Waals surface area contributed by atoms with Crippen molar-refractivity contribution in [1.82, 2.24) is 12.3 Å². The molecule has 0 amide bonds. The summed E-state index contributed by atoms with van der Waals surface area (Å²) in [6.45, 7) is 0. The molecular formula is H8AgN2O. The SMILES string of the molecule is N.N.O.[Ag]. The van der Waals surface area contributed by atoms with Gasteiger partial charge in [0, 0.05) is 22.4 Å². The molecule has 0 saturated carbocycles. The minimum atomic E-state index is 0. The zero-order valence-corrected chi connectivity index (χ0v) is 3.70. The maximum absolute atomic E-state index is 0. The second-order valence-electron chi connectivity index (χ2n) is 0. The van der Waals surface area contributed by atoms with Crippen molar-refractivity contribution in [3.8, 4) is 0 Å². The van der Waals surface area contributed by atoms with Gasteiger partial charge in [-0.2, -0.15) is 0 Å². The standard InChI is InChI=1S/Ag.2H3N.H2O/h;2*1H3;1H2. The second kappa shape index (κ2) is 64.6. The van der Waals surface area contributed by atoms with Gasteiger partial charge in [0.05, 0.1) is 0 Å². The Morgan fingerprint density at radius 3 is 0.750 bits per heavy atom. The molecule has 0 aliphatic heterocycles. The summed E-state index contributed by atoms with van der Waals surface area (Å²) in [5.74, 6) is 0. The number of hydrogen-bond donors (Lipinski definition) is 2. The van der Waals surface area contributed by atoms with Gasteiger partial charge in [0.1, 0.15) is 0 Å². The van der Waals surface area contributed by atoms with Crippen LogP contribution in [-0.4, -0.2) is 5.48 Å². The molecule has 0 bridgehead atoms.